The minimum absolute atomic E-state index is 0.141. The normalized spacial score (nSPS) is 31.1. The van der Waals surface area contributed by atoms with Gasteiger partial charge in [-0.3, -0.25) is 4.79 Å². The highest BCUT2D eigenvalue weighted by Gasteiger charge is 2.40. The second-order valence-corrected chi connectivity index (χ2v) is 9.95. The van der Waals surface area contributed by atoms with Crippen LogP contribution in [0.2, 0.25) is 0 Å². The fourth-order valence-corrected chi connectivity index (χ4v) is 6.65. The molecule has 1 aliphatic heterocycles. The van der Waals surface area contributed by atoms with Gasteiger partial charge in [0.05, 0.1) is 10.2 Å². The Labute approximate surface area is 170 Å². The fraction of sp³-hybridized carbons (Fsp3) is 0.636. The number of nitrogens with one attached hydrogen (secondary N) is 1. The number of nitrogens with zero attached hydrogens (tertiary/aromatic N) is 2. The molecule has 3 N–H and O–H groups in total. The van der Waals surface area contributed by atoms with Crippen molar-refractivity contribution in [3.63, 3.8) is 0 Å². The Morgan fingerprint density at radius 1 is 1.11 bits per heavy atom. The lowest BCUT2D eigenvalue weighted by molar-refractivity contribution is -0.128. The largest absolute Gasteiger partial charge is 0.353 e. The van der Waals surface area contributed by atoms with Crippen LogP contribution in [0, 0.1) is 17.8 Å². The van der Waals surface area contributed by atoms with Crippen LogP contribution in [0.1, 0.15) is 44.9 Å². The molecular weight excluding hydrogens is 368 g/mol. The summed E-state index contributed by atoms with van der Waals surface area (Å²) in [5.74, 6) is 1.60. The summed E-state index contributed by atoms with van der Waals surface area (Å²) in [7, 11) is 0. The molecule has 3 aliphatic rings. The zero-order valence-electron chi connectivity index (χ0n) is 16.3. The average molecular weight is 399 g/mol. The van der Waals surface area contributed by atoms with Gasteiger partial charge in [0.1, 0.15) is 0 Å². The molecule has 0 spiro atoms. The highest BCUT2D eigenvalue weighted by atomic mass is 32.1. The van der Waals surface area contributed by atoms with Crippen LogP contribution < -0.4 is 16.0 Å². The molecule has 2 saturated carbocycles. The lowest BCUT2D eigenvalue weighted by Crippen LogP contribution is -2.55. The molecule has 2 atom stereocenters. The Bertz CT molecular complexity index is 797. The first kappa shape index (κ1) is 18.4. The molecule has 1 amide bonds. The molecule has 1 aromatic heterocycles. The van der Waals surface area contributed by atoms with Crippen LogP contribution in [0.3, 0.4) is 0 Å². The van der Waals surface area contributed by atoms with Crippen molar-refractivity contribution in [3.8, 4) is 0 Å². The first-order valence-corrected chi connectivity index (χ1v) is 11.7. The van der Waals surface area contributed by atoms with Crippen LogP contribution in [0.4, 0.5) is 5.13 Å². The van der Waals surface area contributed by atoms with Crippen molar-refractivity contribution in [1.29, 1.82) is 0 Å². The van der Waals surface area contributed by atoms with E-state index in [9.17, 15) is 4.79 Å². The monoisotopic (exact) mass is 398 g/mol. The quantitative estimate of drug-likeness (QED) is 0.830. The van der Waals surface area contributed by atoms with Gasteiger partial charge in [0.2, 0.25) is 5.91 Å². The summed E-state index contributed by atoms with van der Waals surface area (Å²) in [6, 6.07) is 9.00. The number of carbonyl (C=O) groups excluding carboxylic acids is 1. The minimum Gasteiger partial charge on any atom is -0.353 e. The van der Waals surface area contributed by atoms with Gasteiger partial charge in [0.15, 0.2) is 5.13 Å². The summed E-state index contributed by atoms with van der Waals surface area (Å²) >= 11 is 1.76. The number of para-hydroxylation sites is 1. The molecule has 1 aromatic carbocycles. The number of hydrogen-bond acceptors (Lipinski definition) is 5. The van der Waals surface area contributed by atoms with E-state index in [-0.39, 0.29) is 11.8 Å². The van der Waals surface area contributed by atoms with Gasteiger partial charge in [-0.15, -0.1) is 0 Å². The first-order chi connectivity index (χ1) is 13.7. The number of piperidine rings is 1. The maximum absolute atomic E-state index is 13.0. The Morgan fingerprint density at radius 2 is 1.82 bits per heavy atom. The van der Waals surface area contributed by atoms with E-state index in [1.807, 2.05) is 6.07 Å². The molecule has 1 saturated heterocycles. The summed E-state index contributed by atoms with van der Waals surface area (Å²) in [5.41, 5.74) is 7.31. The van der Waals surface area contributed by atoms with Crippen LogP contribution >= 0.6 is 11.3 Å². The summed E-state index contributed by atoms with van der Waals surface area (Å²) in [6.45, 7) is 1.83. The van der Waals surface area contributed by atoms with Gasteiger partial charge in [-0.2, -0.15) is 0 Å². The van der Waals surface area contributed by atoms with Crippen molar-refractivity contribution in [2.24, 2.45) is 23.5 Å². The van der Waals surface area contributed by atoms with Gasteiger partial charge in [-0.25, -0.2) is 4.98 Å². The molecular formula is C22H30N4OS. The SMILES string of the molecule is NC1CC2CCCC(C1)C2NC(=O)C1CCN(c2nc3ccccc3s2)CC1. The molecule has 5 rings (SSSR count). The van der Waals surface area contributed by atoms with E-state index in [2.05, 4.69) is 28.4 Å². The number of amides is 1. The fourth-order valence-electron chi connectivity index (χ4n) is 5.64. The molecule has 2 aliphatic carbocycles. The Hall–Kier alpha value is -1.66. The molecule has 6 heteroatoms. The third kappa shape index (κ3) is 3.52. The molecule has 2 heterocycles. The smallest absolute Gasteiger partial charge is 0.223 e. The number of benzene rings is 1. The summed E-state index contributed by atoms with van der Waals surface area (Å²) in [6.07, 6.45) is 7.76. The number of hydrogen-bond donors (Lipinski definition) is 2. The third-order valence-electron chi connectivity index (χ3n) is 7.10. The number of anilines is 1. The van der Waals surface area contributed by atoms with E-state index in [4.69, 9.17) is 10.7 Å². The minimum atomic E-state index is 0.141. The van der Waals surface area contributed by atoms with E-state index in [0.29, 0.717) is 23.9 Å². The van der Waals surface area contributed by atoms with Gasteiger partial charge >= 0.3 is 0 Å². The molecule has 28 heavy (non-hydrogen) atoms. The molecule has 2 bridgehead atoms. The number of rotatable bonds is 3. The number of carbonyl (C=O) groups is 1. The molecule has 5 nitrogen and oxygen atoms in total. The second kappa shape index (κ2) is 7.64. The molecule has 2 unspecified atom stereocenters. The van der Waals surface area contributed by atoms with Gasteiger partial charge in [-0.05, 0) is 62.5 Å². The maximum Gasteiger partial charge on any atom is 0.223 e. The van der Waals surface area contributed by atoms with Crippen molar-refractivity contribution in [1.82, 2.24) is 10.3 Å². The lowest BCUT2D eigenvalue weighted by atomic mass is 9.67. The van der Waals surface area contributed by atoms with Crippen LogP contribution in [0.15, 0.2) is 24.3 Å². The second-order valence-electron chi connectivity index (χ2n) is 8.94. The predicted molar refractivity (Wildman–Crippen MR) is 115 cm³/mol. The maximum atomic E-state index is 13.0. The van der Waals surface area contributed by atoms with Crippen LogP contribution in [0.25, 0.3) is 10.2 Å². The van der Waals surface area contributed by atoms with E-state index in [0.717, 1.165) is 49.4 Å². The van der Waals surface area contributed by atoms with Crippen LogP contribution in [0.5, 0.6) is 0 Å². The van der Waals surface area contributed by atoms with Crippen LogP contribution in [-0.2, 0) is 4.79 Å². The molecule has 3 fully saturated rings. The number of thiazole rings is 1. The zero-order valence-corrected chi connectivity index (χ0v) is 17.2. The van der Waals surface area contributed by atoms with E-state index in [1.54, 1.807) is 11.3 Å². The molecule has 2 aromatic rings. The van der Waals surface area contributed by atoms with Crippen molar-refractivity contribution in [2.75, 3.05) is 18.0 Å². The van der Waals surface area contributed by atoms with Gasteiger partial charge in [0, 0.05) is 31.1 Å². The Morgan fingerprint density at radius 3 is 2.54 bits per heavy atom. The van der Waals surface area contributed by atoms with Crippen LogP contribution in [-0.4, -0.2) is 36.1 Å². The van der Waals surface area contributed by atoms with E-state index in [1.165, 1.54) is 24.0 Å². The number of aromatic nitrogens is 1. The summed E-state index contributed by atoms with van der Waals surface area (Å²) in [5, 5.41) is 4.55. The van der Waals surface area contributed by atoms with Crippen molar-refractivity contribution >= 4 is 32.6 Å². The van der Waals surface area contributed by atoms with Gasteiger partial charge < -0.3 is 16.0 Å². The molecule has 150 valence electrons. The van der Waals surface area contributed by atoms with E-state index >= 15 is 0 Å². The van der Waals surface area contributed by atoms with Crippen molar-refractivity contribution < 1.29 is 4.79 Å². The van der Waals surface area contributed by atoms with Gasteiger partial charge in [0.25, 0.3) is 0 Å². The van der Waals surface area contributed by atoms with Gasteiger partial charge in [-0.1, -0.05) is 29.9 Å². The third-order valence-corrected chi connectivity index (χ3v) is 8.20. The molecule has 0 radical (unpaired) electrons. The highest BCUT2D eigenvalue weighted by molar-refractivity contribution is 7.22. The Kier molecular flexibility index (Phi) is 5.01. The average Bonchev–Trinajstić information content (AvgIpc) is 3.13. The topological polar surface area (TPSA) is 71.2 Å². The Balaban J connectivity index is 1.19. The number of nitrogens with two attached hydrogens (primary N) is 1. The summed E-state index contributed by atoms with van der Waals surface area (Å²) in [4.78, 5) is 20.1. The first-order valence-electron chi connectivity index (χ1n) is 10.8. The predicted octanol–water partition coefficient (Wildman–Crippen LogP) is 3.53. The standard InChI is InChI=1S/C22H30N4OS/c23-17-12-15-4-3-5-16(13-17)20(15)25-21(27)14-8-10-26(11-9-14)22-24-18-6-1-2-7-19(18)28-22/h1-2,6-7,14-17,20H,3-5,8-13,23H2,(H,25,27). The summed E-state index contributed by atoms with van der Waals surface area (Å²) < 4.78 is 1.24. The van der Waals surface area contributed by atoms with Crippen molar-refractivity contribution in [3.05, 3.63) is 24.3 Å². The van der Waals surface area contributed by atoms with E-state index < -0.39 is 0 Å². The highest BCUT2D eigenvalue weighted by Crippen LogP contribution is 2.40. The number of fused-ring (bicyclic) bond motifs is 3. The van der Waals surface area contributed by atoms with Crippen molar-refractivity contribution in [2.45, 2.75) is 57.0 Å². The zero-order chi connectivity index (χ0) is 19.1. The lowest BCUT2D eigenvalue weighted by Gasteiger charge is -2.45.